The van der Waals surface area contributed by atoms with Gasteiger partial charge < -0.3 is 19.9 Å². The second kappa shape index (κ2) is 8.22. The molecule has 1 saturated heterocycles. The molecule has 0 bridgehead atoms. The smallest absolute Gasteiger partial charge is 0.255 e. The fourth-order valence-electron chi connectivity index (χ4n) is 3.03. The predicted octanol–water partition coefficient (Wildman–Crippen LogP) is 2.87. The molecule has 0 spiro atoms. The summed E-state index contributed by atoms with van der Waals surface area (Å²) in [6.45, 7) is 3.66. The van der Waals surface area contributed by atoms with Crippen molar-refractivity contribution >= 4 is 23.2 Å². The number of rotatable bonds is 4. The monoisotopic (exact) mass is 367 g/mol. The van der Waals surface area contributed by atoms with Gasteiger partial charge in [-0.05, 0) is 49.4 Å². The first kappa shape index (κ1) is 18.9. The summed E-state index contributed by atoms with van der Waals surface area (Å²) in [7, 11) is 3.90. The molecule has 2 aromatic rings. The first-order valence-corrected chi connectivity index (χ1v) is 9.04. The van der Waals surface area contributed by atoms with Gasteiger partial charge in [-0.25, -0.2) is 0 Å². The molecule has 142 valence electrons. The zero-order valence-electron chi connectivity index (χ0n) is 15.9. The predicted molar refractivity (Wildman–Crippen MR) is 106 cm³/mol. The van der Waals surface area contributed by atoms with Gasteiger partial charge in [0.05, 0.1) is 12.7 Å². The lowest BCUT2D eigenvalue weighted by Gasteiger charge is -2.31. The van der Waals surface area contributed by atoms with Gasteiger partial charge in [0.25, 0.3) is 11.8 Å². The quantitative estimate of drug-likeness (QED) is 0.903. The average Bonchev–Trinajstić information content (AvgIpc) is 2.67. The summed E-state index contributed by atoms with van der Waals surface area (Å²) in [5.41, 5.74) is 2.76. The summed E-state index contributed by atoms with van der Waals surface area (Å²) in [4.78, 5) is 29.0. The molecule has 1 aliphatic rings. The van der Waals surface area contributed by atoms with Crippen LogP contribution in [0.1, 0.15) is 27.6 Å². The second-order valence-electron chi connectivity index (χ2n) is 6.91. The molecule has 1 aliphatic heterocycles. The molecule has 0 aliphatic carbocycles. The number of ether oxygens (including phenoxy) is 1. The maximum atomic E-state index is 12.7. The molecule has 0 radical (unpaired) electrons. The van der Waals surface area contributed by atoms with E-state index in [4.69, 9.17) is 4.74 Å². The summed E-state index contributed by atoms with van der Waals surface area (Å²) in [5, 5.41) is 2.87. The minimum absolute atomic E-state index is 0.0377. The molecule has 1 atom stereocenters. The van der Waals surface area contributed by atoms with Crippen LogP contribution in [-0.4, -0.2) is 56.6 Å². The van der Waals surface area contributed by atoms with Gasteiger partial charge in [0.2, 0.25) is 0 Å². The molecular weight excluding hydrogens is 342 g/mol. The Kier molecular flexibility index (Phi) is 5.76. The van der Waals surface area contributed by atoms with E-state index in [1.54, 1.807) is 41.3 Å². The van der Waals surface area contributed by atoms with Crippen LogP contribution in [0.15, 0.2) is 48.5 Å². The van der Waals surface area contributed by atoms with Gasteiger partial charge in [-0.15, -0.1) is 0 Å². The molecule has 6 nitrogen and oxygen atoms in total. The summed E-state index contributed by atoms with van der Waals surface area (Å²) in [5.74, 6) is -0.249. The molecule has 6 heteroatoms. The van der Waals surface area contributed by atoms with Gasteiger partial charge >= 0.3 is 0 Å². The van der Waals surface area contributed by atoms with Crippen LogP contribution < -0.4 is 10.2 Å². The van der Waals surface area contributed by atoms with E-state index in [2.05, 4.69) is 5.32 Å². The number of anilines is 2. The Hall–Kier alpha value is -2.86. The van der Waals surface area contributed by atoms with Crippen LogP contribution in [0.5, 0.6) is 0 Å². The Morgan fingerprint density at radius 2 is 1.85 bits per heavy atom. The maximum Gasteiger partial charge on any atom is 0.255 e. The summed E-state index contributed by atoms with van der Waals surface area (Å²) in [6, 6.07) is 14.4. The maximum absolute atomic E-state index is 12.7. The van der Waals surface area contributed by atoms with Crippen molar-refractivity contribution in [3.05, 3.63) is 59.7 Å². The fourth-order valence-corrected chi connectivity index (χ4v) is 3.03. The Balaban J connectivity index is 1.69. The number of nitrogens with one attached hydrogen (secondary N) is 1. The molecule has 2 amide bonds. The minimum atomic E-state index is -0.204. The highest BCUT2D eigenvalue weighted by atomic mass is 16.5. The van der Waals surface area contributed by atoms with Crippen molar-refractivity contribution in [2.24, 2.45) is 0 Å². The van der Waals surface area contributed by atoms with E-state index in [-0.39, 0.29) is 17.9 Å². The Bertz CT molecular complexity index is 818. The SMILES string of the molecule is CC1CN(C(=O)c2cccc(NC(=O)c3ccc(N(C)C)cc3)c2)CCO1. The van der Waals surface area contributed by atoms with E-state index in [0.717, 1.165) is 5.69 Å². The Morgan fingerprint density at radius 1 is 1.11 bits per heavy atom. The highest BCUT2D eigenvalue weighted by Crippen LogP contribution is 2.17. The summed E-state index contributed by atoms with van der Waals surface area (Å²) >= 11 is 0. The third-order valence-corrected chi connectivity index (χ3v) is 4.54. The van der Waals surface area contributed by atoms with Crippen LogP contribution in [0.3, 0.4) is 0 Å². The minimum Gasteiger partial charge on any atom is -0.378 e. The molecule has 27 heavy (non-hydrogen) atoms. The highest BCUT2D eigenvalue weighted by molar-refractivity contribution is 6.05. The number of hydrogen-bond donors (Lipinski definition) is 1. The third-order valence-electron chi connectivity index (χ3n) is 4.54. The molecule has 0 saturated carbocycles. The van der Waals surface area contributed by atoms with Crippen LogP contribution >= 0.6 is 0 Å². The number of nitrogens with zero attached hydrogens (tertiary/aromatic N) is 2. The van der Waals surface area contributed by atoms with Gasteiger partial charge in [0, 0.05) is 49.7 Å². The van der Waals surface area contributed by atoms with Crippen molar-refractivity contribution in [3.63, 3.8) is 0 Å². The number of morpholine rings is 1. The van der Waals surface area contributed by atoms with E-state index < -0.39 is 0 Å². The highest BCUT2D eigenvalue weighted by Gasteiger charge is 2.22. The molecule has 0 aromatic heterocycles. The van der Waals surface area contributed by atoms with Gasteiger partial charge in [-0.1, -0.05) is 6.07 Å². The topological polar surface area (TPSA) is 61.9 Å². The van der Waals surface area contributed by atoms with Crippen molar-refractivity contribution in [1.29, 1.82) is 0 Å². The van der Waals surface area contributed by atoms with Crippen LogP contribution in [0, 0.1) is 0 Å². The third kappa shape index (κ3) is 4.65. The van der Waals surface area contributed by atoms with Crippen molar-refractivity contribution in [1.82, 2.24) is 4.90 Å². The van der Waals surface area contributed by atoms with Crippen LogP contribution in [0.4, 0.5) is 11.4 Å². The lowest BCUT2D eigenvalue weighted by atomic mass is 10.1. The fraction of sp³-hybridized carbons (Fsp3) is 0.333. The summed E-state index contributed by atoms with van der Waals surface area (Å²) in [6.07, 6.45) is 0.0377. The number of carbonyl (C=O) groups is 2. The Labute approximate surface area is 159 Å². The average molecular weight is 367 g/mol. The number of amides is 2. The normalized spacial score (nSPS) is 16.7. The Morgan fingerprint density at radius 3 is 2.52 bits per heavy atom. The van der Waals surface area contributed by atoms with Crippen LogP contribution in [0.2, 0.25) is 0 Å². The summed E-state index contributed by atoms with van der Waals surface area (Å²) < 4.78 is 5.49. The van der Waals surface area contributed by atoms with Crippen molar-refractivity contribution in [3.8, 4) is 0 Å². The van der Waals surface area contributed by atoms with Crippen LogP contribution in [0.25, 0.3) is 0 Å². The van der Waals surface area contributed by atoms with Crippen molar-refractivity contribution < 1.29 is 14.3 Å². The van der Waals surface area contributed by atoms with Crippen LogP contribution in [-0.2, 0) is 4.74 Å². The molecule has 2 aromatic carbocycles. The molecule has 3 rings (SSSR count). The molecule has 1 unspecified atom stereocenters. The van der Waals surface area contributed by atoms with E-state index in [1.165, 1.54) is 0 Å². The van der Waals surface area contributed by atoms with E-state index in [1.807, 2.05) is 38.1 Å². The van der Waals surface area contributed by atoms with Gasteiger partial charge in [-0.3, -0.25) is 9.59 Å². The van der Waals surface area contributed by atoms with Crippen molar-refractivity contribution in [2.75, 3.05) is 44.0 Å². The van der Waals surface area contributed by atoms with Gasteiger partial charge in [0.15, 0.2) is 0 Å². The van der Waals surface area contributed by atoms with E-state index >= 15 is 0 Å². The standard InChI is InChI=1S/C21H25N3O3/c1-15-14-24(11-12-27-15)21(26)17-5-4-6-18(13-17)22-20(25)16-7-9-19(10-8-16)23(2)3/h4-10,13,15H,11-12,14H2,1-3H3,(H,22,25). The van der Waals surface area contributed by atoms with Gasteiger partial charge in [0.1, 0.15) is 0 Å². The number of benzene rings is 2. The zero-order chi connectivity index (χ0) is 19.4. The van der Waals surface area contributed by atoms with E-state index in [0.29, 0.717) is 36.5 Å². The zero-order valence-corrected chi connectivity index (χ0v) is 15.9. The molecular formula is C21H25N3O3. The molecule has 1 fully saturated rings. The number of hydrogen-bond acceptors (Lipinski definition) is 4. The second-order valence-corrected chi connectivity index (χ2v) is 6.91. The molecule has 1 heterocycles. The first-order valence-electron chi connectivity index (χ1n) is 9.04. The number of carbonyl (C=O) groups excluding carboxylic acids is 2. The largest absolute Gasteiger partial charge is 0.378 e. The lowest BCUT2D eigenvalue weighted by molar-refractivity contribution is -0.0124. The first-order chi connectivity index (χ1) is 12.9. The lowest BCUT2D eigenvalue weighted by Crippen LogP contribution is -2.44. The van der Waals surface area contributed by atoms with Crippen molar-refractivity contribution in [2.45, 2.75) is 13.0 Å². The molecule has 1 N–H and O–H groups in total. The van der Waals surface area contributed by atoms with Gasteiger partial charge in [-0.2, -0.15) is 0 Å². The van der Waals surface area contributed by atoms with E-state index in [9.17, 15) is 9.59 Å².